The molecule has 1 saturated carbocycles. The zero-order chi connectivity index (χ0) is 15.3. The maximum absolute atomic E-state index is 12.3. The van der Waals surface area contributed by atoms with Crippen LogP contribution in [0.5, 0.6) is 0 Å². The Morgan fingerprint density at radius 3 is 2.33 bits per heavy atom. The van der Waals surface area contributed by atoms with Gasteiger partial charge in [-0.15, -0.1) is 0 Å². The molecule has 4 heteroatoms. The van der Waals surface area contributed by atoms with Crippen molar-refractivity contribution >= 4 is 11.9 Å². The Morgan fingerprint density at radius 1 is 1.14 bits per heavy atom. The third kappa shape index (κ3) is 3.84. The molecule has 1 aromatic rings. The number of aliphatic carboxylic acids is 1. The van der Waals surface area contributed by atoms with Crippen molar-refractivity contribution in [3.8, 4) is 0 Å². The standard InChI is InChI=1S/C17H23NO3/c1-13-8-4-5-9-14(13)12-15(19)18-17(16(20)21)10-6-2-3-7-11-17/h4-5,8-9H,2-3,6-7,10-12H2,1H3,(H,18,19)(H,20,21). The average molecular weight is 289 g/mol. The summed E-state index contributed by atoms with van der Waals surface area (Å²) in [5.74, 6) is -1.10. The Kier molecular flexibility index (Phi) is 4.99. The van der Waals surface area contributed by atoms with Gasteiger partial charge in [0.15, 0.2) is 0 Å². The Hall–Kier alpha value is -1.84. The molecule has 0 aromatic heterocycles. The maximum Gasteiger partial charge on any atom is 0.329 e. The summed E-state index contributed by atoms with van der Waals surface area (Å²) in [5.41, 5.74) is 0.929. The summed E-state index contributed by atoms with van der Waals surface area (Å²) < 4.78 is 0. The van der Waals surface area contributed by atoms with E-state index in [4.69, 9.17) is 0 Å². The first-order valence-electron chi connectivity index (χ1n) is 7.62. The minimum absolute atomic E-state index is 0.200. The van der Waals surface area contributed by atoms with E-state index in [0.29, 0.717) is 12.8 Å². The zero-order valence-corrected chi connectivity index (χ0v) is 12.5. The lowest BCUT2D eigenvalue weighted by Gasteiger charge is -2.29. The molecule has 2 rings (SSSR count). The molecule has 1 aromatic carbocycles. The Bertz CT molecular complexity index is 517. The second kappa shape index (κ2) is 6.74. The van der Waals surface area contributed by atoms with E-state index in [1.807, 2.05) is 31.2 Å². The lowest BCUT2D eigenvalue weighted by Crippen LogP contribution is -2.54. The lowest BCUT2D eigenvalue weighted by molar-refractivity contribution is -0.148. The number of carboxylic acids is 1. The molecule has 1 aliphatic carbocycles. The molecule has 4 nitrogen and oxygen atoms in total. The molecular weight excluding hydrogens is 266 g/mol. The minimum atomic E-state index is -1.07. The number of carboxylic acid groups (broad SMARTS) is 1. The van der Waals surface area contributed by atoms with Gasteiger partial charge in [-0.3, -0.25) is 4.79 Å². The van der Waals surface area contributed by atoms with E-state index in [1.165, 1.54) is 0 Å². The van der Waals surface area contributed by atoms with Crippen LogP contribution in [0.4, 0.5) is 0 Å². The molecule has 0 radical (unpaired) electrons. The number of amides is 1. The van der Waals surface area contributed by atoms with Crippen molar-refractivity contribution in [2.75, 3.05) is 0 Å². The predicted molar refractivity (Wildman–Crippen MR) is 81.1 cm³/mol. The largest absolute Gasteiger partial charge is 0.480 e. The summed E-state index contributed by atoms with van der Waals surface area (Å²) in [5, 5.41) is 12.4. The second-order valence-electron chi connectivity index (χ2n) is 5.95. The van der Waals surface area contributed by atoms with E-state index in [2.05, 4.69) is 5.32 Å². The molecule has 1 aliphatic rings. The molecule has 1 fully saturated rings. The van der Waals surface area contributed by atoms with Crippen LogP contribution in [-0.4, -0.2) is 22.5 Å². The van der Waals surface area contributed by atoms with E-state index in [-0.39, 0.29) is 12.3 Å². The first-order chi connectivity index (χ1) is 10.0. The lowest BCUT2D eigenvalue weighted by atomic mass is 9.89. The SMILES string of the molecule is Cc1ccccc1CC(=O)NC1(C(=O)O)CCCCCC1. The van der Waals surface area contributed by atoms with Gasteiger partial charge in [-0.05, 0) is 30.9 Å². The normalized spacial score (nSPS) is 17.8. The number of carbonyl (C=O) groups is 2. The van der Waals surface area contributed by atoms with Gasteiger partial charge >= 0.3 is 5.97 Å². The van der Waals surface area contributed by atoms with Gasteiger partial charge < -0.3 is 10.4 Å². The zero-order valence-electron chi connectivity index (χ0n) is 12.5. The molecule has 0 heterocycles. The highest BCUT2D eigenvalue weighted by Crippen LogP contribution is 2.27. The highest BCUT2D eigenvalue weighted by atomic mass is 16.4. The molecule has 0 unspecified atom stereocenters. The number of benzene rings is 1. The van der Waals surface area contributed by atoms with Crippen LogP contribution in [-0.2, 0) is 16.0 Å². The topological polar surface area (TPSA) is 66.4 Å². The van der Waals surface area contributed by atoms with E-state index < -0.39 is 11.5 Å². The Morgan fingerprint density at radius 2 is 1.76 bits per heavy atom. The number of carbonyl (C=O) groups excluding carboxylic acids is 1. The number of hydrogen-bond acceptors (Lipinski definition) is 2. The molecule has 0 saturated heterocycles. The molecule has 2 N–H and O–H groups in total. The molecule has 0 aliphatic heterocycles. The van der Waals surface area contributed by atoms with Crippen molar-refractivity contribution < 1.29 is 14.7 Å². The van der Waals surface area contributed by atoms with Crippen molar-refractivity contribution in [3.63, 3.8) is 0 Å². The van der Waals surface area contributed by atoms with Crippen molar-refractivity contribution in [1.29, 1.82) is 0 Å². The van der Waals surface area contributed by atoms with Crippen LogP contribution in [0.25, 0.3) is 0 Å². The second-order valence-corrected chi connectivity index (χ2v) is 5.95. The number of nitrogens with one attached hydrogen (secondary N) is 1. The van der Waals surface area contributed by atoms with Gasteiger partial charge in [0.05, 0.1) is 6.42 Å². The summed E-state index contributed by atoms with van der Waals surface area (Å²) in [6, 6.07) is 7.70. The highest BCUT2D eigenvalue weighted by Gasteiger charge is 2.39. The third-order valence-corrected chi connectivity index (χ3v) is 4.36. The van der Waals surface area contributed by atoms with E-state index in [1.54, 1.807) is 0 Å². The van der Waals surface area contributed by atoms with E-state index in [0.717, 1.165) is 36.8 Å². The van der Waals surface area contributed by atoms with Gasteiger partial charge in [0, 0.05) is 0 Å². The van der Waals surface area contributed by atoms with Crippen LogP contribution in [0.1, 0.15) is 49.7 Å². The van der Waals surface area contributed by atoms with Crippen molar-refractivity contribution in [2.24, 2.45) is 0 Å². The summed E-state index contributed by atoms with van der Waals surface area (Å²) in [4.78, 5) is 23.9. The fraction of sp³-hybridized carbons (Fsp3) is 0.529. The molecule has 21 heavy (non-hydrogen) atoms. The van der Waals surface area contributed by atoms with Crippen molar-refractivity contribution in [2.45, 2.75) is 57.4 Å². The van der Waals surface area contributed by atoms with E-state index >= 15 is 0 Å². The van der Waals surface area contributed by atoms with Crippen LogP contribution in [0.15, 0.2) is 24.3 Å². The number of aryl methyl sites for hydroxylation is 1. The number of hydrogen-bond donors (Lipinski definition) is 2. The monoisotopic (exact) mass is 289 g/mol. The molecule has 0 spiro atoms. The molecule has 0 atom stereocenters. The smallest absolute Gasteiger partial charge is 0.329 e. The average Bonchev–Trinajstić information content (AvgIpc) is 2.68. The van der Waals surface area contributed by atoms with Gasteiger partial charge in [-0.2, -0.15) is 0 Å². The summed E-state index contributed by atoms with van der Waals surface area (Å²) in [7, 11) is 0. The van der Waals surface area contributed by atoms with Crippen LogP contribution in [0.3, 0.4) is 0 Å². The van der Waals surface area contributed by atoms with Gasteiger partial charge in [-0.1, -0.05) is 49.9 Å². The fourth-order valence-corrected chi connectivity index (χ4v) is 3.02. The highest BCUT2D eigenvalue weighted by molar-refractivity contribution is 5.88. The van der Waals surface area contributed by atoms with Gasteiger partial charge in [0.2, 0.25) is 5.91 Å². The number of rotatable bonds is 4. The first-order valence-corrected chi connectivity index (χ1v) is 7.62. The molecule has 114 valence electrons. The predicted octanol–water partition coefficient (Wildman–Crippen LogP) is 2.83. The van der Waals surface area contributed by atoms with Gasteiger partial charge in [-0.25, -0.2) is 4.79 Å². The Labute approximate surface area is 125 Å². The molecular formula is C17H23NO3. The van der Waals surface area contributed by atoms with Crippen LogP contribution >= 0.6 is 0 Å². The van der Waals surface area contributed by atoms with Crippen LogP contribution < -0.4 is 5.32 Å². The summed E-state index contributed by atoms with van der Waals surface area (Å²) >= 11 is 0. The quantitative estimate of drug-likeness (QED) is 0.838. The Balaban J connectivity index is 2.08. The summed E-state index contributed by atoms with van der Waals surface area (Å²) in [6.45, 7) is 1.96. The van der Waals surface area contributed by atoms with Crippen molar-refractivity contribution in [1.82, 2.24) is 5.32 Å². The van der Waals surface area contributed by atoms with Crippen LogP contribution in [0.2, 0.25) is 0 Å². The summed E-state index contributed by atoms with van der Waals surface area (Å²) in [6.07, 6.45) is 5.10. The van der Waals surface area contributed by atoms with E-state index in [9.17, 15) is 14.7 Å². The maximum atomic E-state index is 12.3. The van der Waals surface area contributed by atoms with Crippen LogP contribution in [0, 0.1) is 6.92 Å². The molecule has 0 bridgehead atoms. The minimum Gasteiger partial charge on any atom is -0.480 e. The third-order valence-electron chi connectivity index (χ3n) is 4.36. The first kappa shape index (κ1) is 15.5. The molecule has 1 amide bonds. The van der Waals surface area contributed by atoms with Gasteiger partial charge in [0.25, 0.3) is 0 Å². The van der Waals surface area contributed by atoms with Gasteiger partial charge in [0.1, 0.15) is 5.54 Å². The fourth-order valence-electron chi connectivity index (χ4n) is 3.02. The van der Waals surface area contributed by atoms with Crippen molar-refractivity contribution in [3.05, 3.63) is 35.4 Å².